The Morgan fingerprint density at radius 3 is 2.29 bits per heavy atom. The summed E-state index contributed by atoms with van der Waals surface area (Å²) in [6.45, 7) is 5.07. The Morgan fingerprint density at radius 2 is 1.93 bits per heavy atom. The number of rotatable bonds is 5. The lowest BCUT2D eigenvalue weighted by atomic mass is 10.2. The van der Waals surface area contributed by atoms with E-state index in [0.29, 0.717) is 6.42 Å². The Labute approximate surface area is 101 Å². The highest BCUT2D eigenvalue weighted by Crippen LogP contribution is 1.95. The monoisotopic (exact) mass is 235 g/mol. The van der Waals surface area contributed by atoms with Gasteiger partial charge in [0.2, 0.25) is 5.91 Å². The Bertz CT molecular complexity index is 263. The fourth-order valence-corrected chi connectivity index (χ4v) is 1.39. The molecule has 0 aromatic heterocycles. The molecular formula is C7H17MgNO4S. The maximum Gasteiger partial charge on any atom is 0.362 e. The van der Waals surface area contributed by atoms with Crippen molar-refractivity contribution in [3.05, 3.63) is 0 Å². The average Bonchev–Trinajstić information content (AvgIpc) is 2.00. The van der Waals surface area contributed by atoms with Crippen LogP contribution in [0.15, 0.2) is 0 Å². The first-order chi connectivity index (χ1) is 5.89. The summed E-state index contributed by atoms with van der Waals surface area (Å²) in [6, 6.07) is 0. The maximum atomic E-state index is 11.0. The Morgan fingerprint density at radius 1 is 1.43 bits per heavy atom. The third-order valence-corrected chi connectivity index (χ3v) is 2.12. The molecule has 0 aromatic rings. The summed E-state index contributed by atoms with van der Waals surface area (Å²) in [6.07, 6.45) is 0.580. The van der Waals surface area contributed by atoms with Crippen LogP contribution in [0.25, 0.3) is 0 Å². The summed E-state index contributed by atoms with van der Waals surface area (Å²) in [5.41, 5.74) is 0. The van der Waals surface area contributed by atoms with Crippen LogP contribution in [0.1, 0.15) is 27.2 Å². The molecule has 0 spiro atoms. The molecule has 5 nitrogen and oxygen atoms in total. The molecule has 14 heavy (non-hydrogen) atoms. The molecule has 0 aliphatic carbocycles. The number of carbonyl (C=O) groups is 1. The molecule has 0 fully saturated rings. The first kappa shape index (κ1) is 16.6. The highest BCUT2D eigenvalue weighted by atomic mass is 32.2. The zero-order valence-electron chi connectivity index (χ0n) is 8.03. The molecule has 0 atom stereocenters. The van der Waals surface area contributed by atoms with E-state index in [-0.39, 0.29) is 35.6 Å². The molecule has 0 radical (unpaired) electrons. The molecule has 7 heteroatoms. The third kappa shape index (κ3) is 7.54. The molecule has 0 saturated carbocycles. The molecule has 1 N–H and O–H groups in total. The standard InChI is InChI=1S/C7H15NO4S.Mg.2H/c1-4-5-12-13(10,11)8-7(9)6(2)3;;;/h6H,4-5H2,1-3H3,(H,8,9);;;. The summed E-state index contributed by atoms with van der Waals surface area (Å²) in [5, 5.41) is 0. The molecule has 0 aliphatic rings. The van der Waals surface area contributed by atoms with Crippen LogP contribution in [-0.2, 0) is 19.3 Å². The zero-order chi connectivity index (χ0) is 10.5. The molecular weight excluding hydrogens is 218 g/mol. The normalized spacial score (nSPS) is 10.9. The van der Waals surface area contributed by atoms with Crippen LogP contribution < -0.4 is 4.72 Å². The van der Waals surface area contributed by atoms with Crippen molar-refractivity contribution in [3.63, 3.8) is 0 Å². The Hall–Kier alpha value is 0.146. The SMILES string of the molecule is CCCOS(=O)(=O)NC(=O)C(C)C.[MgH2]. The number of nitrogens with one attached hydrogen (secondary N) is 1. The lowest BCUT2D eigenvalue weighted by Gasteiger charge is -2.07. The van der Waals surface area contributed by atoms with Gasteiger partial charge >= 0.3 is 33.4 Å². The molecule has 0 bridgehead atoms. The van der Waals surface area contributed by atoms with Crippen molar-refractivity contribution in [3.8, 4) is 0 Å². The van der Waals surface area contributed by atoms with Gasteiger partial charge in [0.25, 0.3) is 0 Å². The molecule has 0 saturated heterocycles. The highest BCUT2D eigenvalue weighted by Gasteiger charge is 2.16. The molecule has 0 aromatic carbocycles. The van der Waals surface area contributed by atoms with Crippen molar-refractivity contribution >= 4 is 39.3 Å². The topological polar surface area (TPSA) is 72.5 Å². The Balaban J connectivity index is 0. The van der Waals surface area contributed by atoms with Gasteiger partial charge in [-0.05, 0) is 6.42 Å². The predicted octanol–water partition coefficient (Wildman–Crippen LogP) is -0.486. The predicted molar refractivity (Wildman–Crippen MR) is 56.7 cm³/mol. The largest absolute Gasteiger partial charge is 0.362 e. The quantitative estimate of drug-likeness (QED) is 0.653. The third-order valence-electron chi connectivity index (χ3n) is 1.19. The van der Waals surface area contributed by atoms with Crippen LogP contribution in [0.3, 0.4) is 0 Å². The highest BCUT2D eigenvalue weighted by molar-refractivity contribution is 7.85. The second kappa shape index (κ2) is 7.44. The Kier molecular flexibility index (Phi) is 8.81. The molecule has 0 unspecified atom stereocenters. The van der Waals surface area contributed by atoms with E-state index in [1.807, 2.05) is 0 Å². The van der Waals surface area contributed by atoms with Gasteiger partial charge in [0, 0.05) is 5.92 Å². The van der Waals surface area contributed by atoms with Gasteiger partial charge in [0.1, 0.15) is 0 Å². The summed E-state index contributed by atoms with van der Waals surface area (Å²) < 4.78 is 28.1. The minimum absolute atomic E-state index is 0. The zero-order valence-corrected chi connectivity index (χ0v) is 8.85. The number of hydrogen-bond acceptors (Lipinski definition) is 4. The van der Waals surface area contributed by atoms with Crippen molar-refractivity contribution in [2.75, 3.05) is 6.61 Å². The first-order valence-corrected chi connectivity index (χ1v) is 5.51. The van der Waals surface area contributed by atoms with Crippen LogP contribution in [-0.4, -0.2) is 44.0 Å². The summed E-state index contributed by atoms with van der Waals surface area (Å²) in [7, 11) is -3.89. The molecule has 0 heterocycles. The van der Waals surface area contributed by atoms with Gasteiger partial charge in [-0.3, -0.25) is 8.98 Å². The van der Waals surface area contributed by atoms with E-state index in [9.17, 15) is 13.2 Å². The van der Waals surface area contributed by atoms with Crippen LogP contribution >= 0.6 is 0 Å². The van der Waals surface area contributed by atoms with E-state index in [1.165, 1.54) is 0 Å². The molecule has 0 rings (SSSR count). The van der Waals surface area contributed by atoms with Gasteiger partial charge in [-0.2, -0.15) is 8.42 Å². The maximum absolute atomic E-state index is 11.0. The number of amides is 1. The summed E-state index contributed by atoms with van der Waals surface area (Å²) in [5.74, 6) is -0.934. The van der Waals surface area contributed by atoms with Crippen LogP contribution in [0, 0.1) is 5.92 Å². The summed E-state index contributed by atoms with van der Waals surface area (Å²) >= 11 is 0. The van der Waals surface area contributed by atoms with Gasteiger partial charge in [-0.15, -0.1) is 0 Å². The summed E-state index contributed by atoms with van der Waals surface area (Å²) in [4.78, 5) is 11.0. The van der Waals surface area contributed by atoms with Crippen molar-refractivity contribution in [1.82, 2.24) is 4.72 Å². The smallest absolute Gasteiger partial charge is 0.274 e. The second-order valence-corrected chi connectivity index (χ2v) is 4.25. The van der Waals surface area contributed by atoms with Gasteiger partial charge < -0.3 is 0 Å². The van der Waals surface area contributed by atoms with Gasteiger partial charge in [-0.1, -0.05) is 20.8 Å². The van der Waals surface area contributed by atoms with Crippen molar-refractivity contribution in [2.45, 2.75) is 27.2 Å². The fraction of sp³-hybridized carbons (Fsp3) is 0.857. The lowest BCUT2D eigenvalue weighted by Crippen LogP contribution is -2.35. The minimum Gasteiger partial charge on any atom is -0.274 e. The van der Waals surface area contributed by atoms with Crippen molar-refractivity contribution < 1.29 is 17.4 Å². The van der Waals surface area contributed by atoms with E-state index >= 15 is 0 Å². The van der Waals surface area contributed by atoms with Crippen LogP contribution in [0.4, 0.5) is 0 Å². The van der Waals surface area contributed by atoms with Gasteiger partial charge in [-0.25, -0.2) is 4.72 Å². The van der Waals surface area contributed by atoms with E-state index in [4.69, 9.17) is 0 Å². The van der Waals surface area contributed by atoms with Crippen LogP contribution in [0.2, 0.25) is 0 Å². The van der Waals surface area contributed by atoms with Crippen molar-refractivity contribution in [2.24, 2.45) is 5.92 Å². The van der Waals surface area contributed by atoms with Crippen LogP contribution in [0.5, 0.6) is 0 Å². The molecule has 1 amide bonds. The van der Waals surface area contributed by atoms with Gasteiger partial charge in [0.15, 0.2) is 0 Å². The molecule has 0 aliphatic heterocycles. The van der Waals surface area contributed by atoms with E-state index in [2.05, 4.69) is 4.18 Å². The average molecular weight is 236 g/mol. The van der Waals surface area contributed by atoms with E-state index < -0.39 is 16.2 Å². The van der Waals surface area contributed by atoms with Gasteiger partial charge in [0.05, 0.1) is 6.61 Å². The van der Waals surface area contributed by atoms with E-state index in [0.717, 1.165) is 0 Å². The lowest BCUT2D eigenvalue weighted by molar-refractivity contribution is -0.122. The number of hydrogen-bond donors (Lipinski definition) is 1. The fourth-order valence-electron chi connectivity index (χ4n) is 0.464. The minimum atomic E-state index is -3.89. The molecule has 82 valence electrons. The van der Waals surface area contributed by atoms with E-state index in [1.54, 1.807) is 25.5 Å². The number of carbonyl (C=O) groups excluding carboxylic acids is 1. The van der Waals surface area contributed by atoms with Crippen molar-refractivity contribution in [1.29, 1.82) is 0 Å². The second-order valence-electron chi connectivity index (χ2n) is 2.90. The first-order valence-electron chi connectivity index (χ1n) is 4.10.